The van der Waals surface area contributed by atoms with E-state index in [0.717, 1.165) is 18.7 Å². The molecule has 9 heavy (non-hydrogen) atoms. The Balaban J connectivity index is 2.17. The molecule has 0 aliphatic carbocycles. The summed E-state index contributed by atoms with van der Waals surface area (Å²) in [5, 5.41) is 7.19. The summed E-state index contributed by atoms with van der Waals surface area (Å²) >= 11 is 0. The van der Waals surface area contributed by atoms with E-state index in [9.17, 15) is 0 Å². The molecule has 1 heterocycles. The van der Waals surface area contributed by atoms with Crippen molar-refractivity contribution in [1.29, 1.82) is 5.41 Å². The Bertz CT molecular complexity index is 118. The molecular weight excluding hydrogens is 114 g/mol. The molecule has 1 aliphatic rings. The lowest BCUT2D eigenvalue weighted by Crippen LogP contribution is -2.07. The van der Waals surface area contributed by atoms with E-state index in [2.05, 4.69) is 6.92 Å². The minimum absolute atomic E-state index is 0.463. The van der Waals surface area contributed by atoms with Gasteiger partial charge in [-0.1, -0.05) is 6.92 Å². The van der Waals surface area contributed by atoms with Crippen LogP contribution in [-0.2, 0) is 4.74 Å². The second-order valence-corrected chi connectivity index (χ2v) is 2.83. The predicted octanol–water partition coefficient (Wildman–Crippen LogP) is 1.45. The highest BCUT2D eigenvalue weighted by molar-refractivity contribution is 5.78. The Morgan fingerprint density at radius 2 is 2.44 bits per heavy atom. The van der Waals surface area contributed by atoms with Crippen LogP contribution in [0.5, 0.6) is 0 Å². The van der Waals surface area contributed by atoms with Crippen molar-refractivity contribution in [3.63, 3.8) is 0 Å². The molecular formula is C7H13NO. The topological polar surface area (TPSA) is 36.4 Å². The number of hydrogen-bond acceptors (Lipinski definition) is 2. The van der Waals surface area contributed by atoms with Gasteiger partial charge in [-0.3, -0.25) is 0 Å². The van der Waals surface area contributed by atoms with Gasteiger partial charge in [-0.15, -0.1) is 0 Å². The van der Waals surface area contributed by atoms with Crippen LogP contribution in [0.25, 0.3) is 0 Å². The highest BCUT2D eigenvalue weighted by Crippen LogP contribution is 2.22. The van der Waals surface area contributed by atoms with Crippen LogP contribution in [0.3, 0.4) is 0 Å². The van der Waals surface area contributed by atoms with Gasteiger partial charge >= 0.3 is 0 Å². The summed E-state index contributed by atoms with van der Waals surface area (Å²) in [5.41, 5.74) is 0.762. The molecule has 2 nitrogen and oxygen atoms in total. The quantitative estimate of drug-likeness (QED) is 0.452. The summed E-state index contributed by atoms with van der Waals surface area (Å²) < 4.78 is 5.07. The minimum atomic E-state index is 0.463. The van der Waals surface area contributed by atoms with Gasteiger partial charge in [-0.25, -0.2) is 0 Å². The van der Waals surface area contributed by atoms with Crippen LogP contribution in [0.15, 0.2) is 0 Å². The first-order valence-corrected chi connectivity index (χ1v) is 3.36. The molecule has 1 N–H and O–H groups in total. The highest BCUT2D eigenvalue weighted by atomic mass is 16.6. The van der Waals surface area contributed by atoms with Gasteiger partial charge in [-0.2, -0.15) is 0 Å². The second kappa shape index (κ2) is 2.48. The molecule has 0 aromatic carbocycles. The fourth-order valence-electron chi connectivity index (χ4n) is 0.998. The van der Waals surface area contributed by atoms with Crippen LogP contribution in [0, 0.1) is 11.3 Å². The maximum atomic E-state index is 7.19. The maximum absolute atomic E-state index is 7.19. The molecule has 2 atom stereocenters. The van der Waals surface area contributed by atoms with Gasteiger partial charge < -0.3 is 10.1 Å². The van der Waals surface area contributed by atoms with Crippen molar-refractivity contribution < 1.29 is 4.74 Å². The smallest absolute Gasteiger partial charge is 0.0839 e. The Morgan fingerprint density at radius 3 is 2.78 bits per heavy atom. The number of nitrogens with one attached hydrogen (secondary N) is 1. The molecule has 0 aromatic rings. The fourth-order valence-corrected chi connectivity index (χ4v) is 0.998. The third-order valence-corrected chi connectivity index (χ3v) is 1.62. The monoisotopic (exact) mass is 127 g/mol. The molecule has 0 bridgehead atoms. The van der Waals surface area contributed by atoms with Crippen LogP contribution < -0.4 is 0 Å². The lowest BCUT2D eigenvalue weighted by molar-refractivity contribution is 0.347. The van der Waals surface area contributed by atoms with Crippen LogP contribution in [0.2, 0.25) is 0 Å². The van der Waals surface area contributed by atoms with Gasteiger partial charge in [0, 0.05) is 5.71 Å². The Morgan fingerprint density at radius 1 is 1.89 bits per heavy atom. The Labute approximate surface area is 55.7 Å². The van der Waals surface area contributed by atoms with Crippen LogP contribution in [0.4, 0.5) is 0 Å². The van der Waals surface area contributed by atoms with Gasteiger partial charge in [-0.05, 0) is 19.3 Å². The van der Waals surface area contributed by atoms with E-state index >= 15 is 0 Å². The van der Waals surface area contributed by atoms with E-state index in [1.54, 1.807) is 0 Å². The third kappa shape index (κ3) is 2.14. The van der Waals surface area contributed by atoms with Gasteiger partial charge in [0.25, 0.3) is 0 Å². The molecule has 0 spiro atoms. The zero-order valence-electron chi connectivity index (χ0n) is 5.98. The van der Waals surface area contributed by atoms with Crippen molar-refractivity contribution in [2.45, 2.75) is 26.4 Å². The summed E-state index contributed by atoms with van der Waals surface area (Å²) in [7, 11) is 0. The highest BCUT2D eigenvalue weighted by Gasteiger charge is 2.29. The molecule has 0 aromatic heterocycles. The summed E-state index contributed by atoms with van der Waals surface area (Å²) in [4.78, 5) is 0. The average Bonchev–Trinajstić information content (AvgIpc) is 2.40. The lowest BCUT2D eigenvalue weighted by atomic mass is 10.0. The van der Waals surface area contributed by atoms with Crippen molar-refractivity contribution in [1.82, 2.24) is 0 Å². The first-order chi connectivity index (χ1) is 4.20. The summed E-state index contributed by atoms with van der Waals surface area (Å²) in [6, 6.07) is 0. The van der Waals surface area contributed by atoms with Crippen LogP contribution in [-0.4, -0.2) is 18.4 Å². The van der Waals surface area contributed by atoms with Gasteiger partial charge in [0.2, 0.25) is 0 Å². The van der Waals surface area contributed by atoms with Crippen molar-refractivity contribution in [2.24, 2.45) is 5.92 Å². The molecule has 1 aliphatic heterocycles. The summed E-state index contributed by atoms with van der Waals surface area (Å²) in [6.07, 6.45) is 1.36. The summed E-state index contributed by atoms with van der Waals surface area (Å²) in [6.45, 7) is 4.89. The van der Waals surface area contributed by atoms with E-state index in [1.807, 2.05) is 6.92 Å². The van der Waals surface area contributed by atoms with Crippen LogP contribution in [0.1, 0.15) is 20.3 Å². The molecule has 1 fully saturated rings. The van der Waals surface area contributed by atoms with E-state index in [-0.39, 0.29) is 0 Å². The first kappa shape index (κ1) is 6.75. The standard InChI is InChI=1S/C7H13NO/c1-5(3-6(2)8)7-4-9-7/h5,7-8H,3-4H2,1-2H3. The SMILES string of the molecule is CC(=N)CC(C)C1CO1. The Hall–Kier alpha value is -0.370. The van der Waals surface area contributed by atoms with E-state index in [1.165, 1.54) is 0 Å². The largest absolute Gasteiger partial charge is 0.373 e. The zero-order chi connectivity index (χ0) is 6.85. The number of ether oxygens (including phenoxy) is 1. The molecule has 0 radical (unpaired) electrons. The number of rotatable bonds is 3. The maximum Gasteiger partial charge on any atom is 0.0839 e. The molecule has 52 valence electrons. The normalized spacial score (nSPS) is 27.6. The van der Waals surface area contributed by atoms with E-state index < -0.39 is 0 Å². The van der Waals surface area contributed by atoms with Crippen LogP contribution >= 0.6 is 0 Å². The zero-order valence-corrected chi connectivity index (χ0v) is 5.98. The fraction of sp³-hybridized carbons (Fsp3) is 0.857. The molecule has 2 unspecified atom stereocenters. The van der Waals surface area contributed by atoms with Crippen molar-refractivity contribution in [3.8, 4) is 0 Å². The number of hydrogen-bond donors (Lipinski definition) is 1. The number of epoxide rings is 1. The second-order valence-electron chi connectivity index (χ2n) is 2.83. The lowest BCUT2D eigenvalue weighted by Gasteiger charge is -2.04. The first-order valence-electron chi connectivity index (χ1n) is 3.36. The molecule has 0 saturated carbocycles. The van der Waals surface area contributed by atoms with E-state index in [0.29, 0.717) is 12.0 Å². The minimum Gasteiger partial charge on any atom is -0.373 e. The van der Waals surface area contributed by atoms with Gasteiger partial charge in [0.05, 0.1) is 12.7 Å². The third-order valence-electron chi connectivity index (χ3n) is 1.62. The summed E-state index contributed by atoms with van der Waals surface area (Å²) in [5.74, 6) is 0.558. The molecule has 2 heteroatoms. The molecule has 0 amide bonds. The van der Waals surface area contributed by atoms with Gasteiger partial charge in [0.15, 0.2) is 0 Å². The van der Waals surface area contributed by atoms with E-state index in [4.69, 9.17) is 10.1 Å². The van der Waals surface area contributed by atoms with Crippen molar-refractivity contribution in [2.75, 3.05) is 6.61 Å². The van der Waals surface area contributed by atoms with Gasteiger partial charge in [0.1, 0.15) is 0 Å². The molecule has 1 saturated heterocycles. The average molecular weight is 127 g/mol. The molecule has 1 rings (SSSR count). The van der Waals surface area contributed by atoms with Crippen molar-refractivity contribution in [3.05, 3.63) is 0 Å². The van der Waals surface area contributed by atoms with Crippen molar-refractivity contribution >= 4 is 5.71 Å². The predicted molar refractivity (Wildman–Crippen MR) is 36.9 cm³/mol. The Kier molecular flexibility index (Phi) is 1.86.